The number of ether oxygens (including phenoxy) is 1. The third-order valence-electron chi connectivity index (χ3n) is 6.79. The second-order valence-electron chi connectivity index (χ2n) is 10.5. The molecule has 0 aliphatic heterocycles. The first-order valence-electron chi connectivity index (χ1n) is 12.6. The van der Waals surface area contributed by atoms with Crippen molar-refractivity contribution in [3.05, 3.63) is 82.9 Å². The van der Waals surface area contributed by atoms with Crippen molar-refractivity contribution in [1.29, 1.82) is 0 Å². The lowest BCUT2D eigenvalue weighted by Gasteiger charge is -2.29. The average Bonchev–Trinajstić information content (AvgIpc) is 3.68. The Balaban J connectivity index is 1.31. The molecule has 3 aromatic rings. The maximum atomic E-state index is 10.7. The Bertz CT molecular complexity index is 1110. The minimum Gasteiger partial charge on any atom is -0.389 e. The van der Waals surface area contributed by atoms with Crippen LogP contribution in [0.25, 0.3) is 10.8 Å². The minimum atomic E-state index is -0.576. The zero-order chi connectivity index (χ0) is 24.8. The van der Waals surface area contributed by atoms with E-state index in [0.29, 0.717) is 25.7 Å². The average molecular weight is 478 g/mol. The molecule has 1 aliphatic rings. The molecular formula is C30H39NO4. The predicted octanol–water partition coefficient (Wildman–Crippen LogP) is 5.67. The lowest BCUT2D eigenvalue weighted by Crippen LogP contribution is -2.46. The molecule has 2 N–H and O–H groups in total. The van der Waals surface area contributed by atoms with Gasteiger partial charge in [-0.05, 0) is 79.0 Å². The maximum absolute atomic E-state index is 10.7. The molecule has 0 spiro atoms. The van der Waals surface area contributed by atoms with Gasteiger partial charge in [-0.2, -0.15) is 0 Å². The molecule has 2 atom stereocenters. The second kappa shape index (κ2) is 11.6. The normalized spacial score (nSPS) is 15.9. The third kappa shape index (κ3) is 7.35. The summed E-state index contributed by atoms with van der Waals surface area (Å²) >= 11 is 0. The van der Waals surface area contributed by atoms with Crippen molar-refractivity contribution in [1.82, 2.24) is 5.32 Å². The van der Waals surface area contributed by atoms with Crippen LogP contribution in [0.1, 0.15) is 55.0 Å². The number of benzene rings is 3. The van der Waals surface area contributed by atoms with Crippen LogP contribution in [-0.4, -0.2) is 37.0 Å². The van der Waals surface area contributed by atoms with Crippen molar-refractivity contribution < 1.29 is 19.6 Å². The molecule has 0 amide bonds. The monoisotopic (exact) mass is 477 g/mol. The molecule has 35 heavy (non-hydrogen) atoms. The number of β-amino-alcohol motifs (C(OH)–C–C–N with tert-alkyl or cyclic N) is 1. The summed E-state index contributed by atoms with van der Waals surface area (Å²) in [6.45, 7) is 7.67. The fourth-order valence-electron chi connectivity index (χ4n) is 4.68. The van der Waals surface area contributed by atoms with E-state index in [2.05, 4.69) is 86.8 Å². The van der Waals surface area contributed by atoms with Crippen LogP contribution in [0.4, 0.5) is 0 Å². The van der Waals surface area contributed by atoms with Gasteiger partial charge in [0.1, 0.15) is 6.61 Å². The Hall–Kier alpha value is -2.28. The summed E-state index contributed by atoms with van der Waals surface area (Å²) in [4.78, 5) is 9.86. The summed E-state index contributed by atoms with van der Waals surface area (Å²) in [6, 6.07) is 21.4. The molecule has 0 heterocycles. The number of aliphatic hydroxyl groups is 1. The number of aliphatic hydroxyl groups excluding tert-OH is 1. The Morgan fingerprint density at radius 1 is 1.00 bits per heavy atom. The first-order valence-corrected chi connectivity index (χ1v) is 12.6. The number of nitrogens with one attached hydrogen (secondary N) is 1. The van der Waals surface area contributed by atoms with E-state index in [0.717, 1.165) is 24.8 Å². The van der Waals surface area contributed by atoms with Gasteiger partial charge < -0.3 is 15.2 Å². The van der Waals surface area contributed by atoms with E-state index in [1.165, 1.54) is 34.6 Å². The van der Waals surface area contributed by atoms with E-state index in [4.69, 9.17) is 14.5 Å². The van der Waals surface area contributed by atoms with E-state index < -0.39 is 6.10 Å². The van der Waals surface area contributed by atoms with E-state index in [-0.39, 0.29) is 11.6 Å². The number of rotatable bonds is 13. The van der Waals surface area contributed by atoms with Crippen molar-refractivity contribution in [2.75, 3.05) is 20.3 Å². The number of hydrogen-bond donors (Lipinski definition) is 2. The Morgan fingerprint density at radius 2 is 1.74 bits per heavy atom. The first kappa shape index (κ1) is 25.8. The molecule has 1 saturated carbocycles. The van der Waals surface area contributed by atoms with E-state index in [1.54, 1.807) is 0 Å². The predicted molar refractivity (Wildman–Crippen MR) is 140 cm³/mol. The lowest BCUT2D eigenvalue weighted by molar-refractivity contribution is -0.282. The molecule has 188 valence electrons. The molecule has 4 rings (SSSR count). The van der Waals surface area contributed by atoms with E-state index in [1.807, 2.05) is 0 Å². The summed E-state index contributed by atoms with van der Waals surface area (Å²) in [5, 5.41) is 16.8. The Labute approximate surface area is 209 Å². The highest BCUT2D eigenvalue weighted by Crippen LogP contribution is 2.44. The standard InChI is InChI=1S/C30H39NO4/c1-21-9-10-23(19-35-33-4)16-28(21)29(25-13-14-25)34-20-27(32)18-31-30(2,3)17-22-11-12-24-7-5-6-8-26(24)15-22/h5-12,15-16,25,27,29,31-32H,13-14,17-20H2,1-4H3. The summed E-state index contributed by atoms with van der Waals surface area (Å²) in [5.41, 5.74) is 4.58. The first-order chi connectivity index (χ1) is 16.8. The van der Waals surface area contributed by atoms with Crippen molar-refractivity contribution in [3.63, 3.8) is 0 Å². The molecule has 1 aliphatic carbocycles. The maximum Gasteiger partial charge on any atom is 0.107 e. The molecule has 0 saturated heterocycles. The van der Waals surface area contributed by atoms with Crippen LogP contribution in [0.5, 0.6) is 0 Å². The zero-order valence-corrected chi connectivity index (χ0v) is 21.4. The van der Waals surface area contributed by atoms with Gasteiger partial charge in [0.2, 0.25) is 0 Å². The molecule has 2 unspecified atom stereocenters. The van der Waals surface area contributed by atoms with Crippen LogP contribution in [-0.2, 0) is 27.5 Å². The number of hydrogen-bond acceptors (Lipinski definition) is 5. The Kier molecular flexibility index (Phi) is 8.58. The summed E-state index contributed by atoms with van der Waals surface area (Å²) in [6.07, 6.45) is 2.63. The van der Waals surface area contributed by atoms with Gasteiger partial charge >= 0.3 is 0 Å². The molecule has 5 heteroatoms. The highest BCUT2D eigenvalue weighted by Gasteiger charge is 2.34. The third-order valence-corrected chi connectivity index (χ3v) is 6.79. The van der Waals surface area contributed by atoms with Crippen LogP contribution >= 0.6 is 0 Å². The van der Waals surface area contributed by atoms with Gasteiger partial charge in [-0.25, -0.2) is 9.78 Å². The van der Waals surface area contributed by atoms with Gasteiger partial charge in [0.15, 0.2) is 0 Å². The van der Waals surface area contributed by atoms with Crippen LogP contribution < -0.4 is 5.32 Å². The molecule has 5 nitrogen and oxygen atoms in total. The van der Waals surface area contributed by atoms with Gasteiger partial charge in [0.25, 0.3) is 0 Å². The van der Waals surface area contributed by atoms with Gasteiger partial charge in [-0.3, -0.25) is 0 Å². The minimum absolute atomic E-state index is 0.00208. The van der Waals surface area contributed by atoms with Crippen LogP contribution in [0.3, 0.4) is 0 Å². The molecule has 0 radical (unpaired) electrons. The summed E-state index contributed by atoms with van der Waals surface area (Å²) in [7, 11) is 1.52. The molecule has 1 fully saturated rings. The topological polar surface area (TPSA) is 60.0 Å². The van der Waals surface area contributed by atoms with Crippen molar-refractivity contribution in [2.24, 2.45) is 5.92 Å². The second-order valence-corrected chi connectivity index (χ2v) is 10.5. The fraction of sp³-hybridized carbons (Fsp3) is 0.467. The van der Waals surface area contributed by atoms with Gasteiger partial charge in [-0.1, -0.05) is 60.7 Å². The van der Waals surface area contributed by atoms with Gasteiger partial charge in [0, 0.05) is 12.1 Å². The molecule has 0 bridgehead atoms. The highest BCUT2D eigenvalue weighted by molar-refractivity contribution is 5.83. The largest absolute Gasteiger partial charge is 0.389 e. The number of aryl methyl sites for hydroxylation is 1. The highest BCUT2D eigenvalue weighted by atomic mass is 17.2. The smallest absolute Gasteiger partial charge is 0.107 e. The zero-order valence-electron chi connectivity index (χ0n) is 21.4. The van der Waals surface area contributed by atoms with Crippen LogP contribution in [0, 0.1) is 12.8 Å². The number of fused-ring (bicyclic) bond motifs is 1. The molecule has 3 aromatic carbocycles. The SMILES string of the molecule is COOCc1ccc(C)c(C(OCC(O)CNC(C)(C)Cc2ccc3ccccc3c2)C2CC2)c1. The van der Waals surface area contributed by atoms with Gasteiger partial charge in [-0.15, -0.1) is 0 Å². The van der Waals surface area contributed by atoms with E-state index in [9.17, 15) is 5.11 Å². The van der Waals surface area contributed by atoms with Crippen molar-refractivity contribution in [3.8, 4) is 0 Å². The van der Waals surface area contributed by atoms with E-state index >= 15 is 0 Å². The molecule has 0 aromatic heterocycles. The Morgan fingerprint density at radius 3 is 2.49 bits per heavy atom. The fourth-order valence-corrected chi connectivity index (χ4v) is 4.68. The molecular weight excluding hydrogens is 438 g/mol. The quantitative estimate of drug-likeness (QED) is 0.246. The summed E-state index contributed by atoms with van der Waals surface area (Å²) in [5.74, 6) is 0.511. The van der Waals surface area contributed by atoms with Gasteiger partial charge in [0.05, 0.1) is 25.9 Å². The van der Waals surface area contributed by atoms with Crippen LogP contribution in [0.15, 0.2) is 60.7 Å². The van der Waals surface area contributed by atoms with Crippen molar-refractivity contribution >= 4 is 10.8 Å². The van der Waals surface area contributed by atoms with Crippen molar-refractivity contribution in [2.45, 2.75) is 64.4 Å². The lowest BCUT2D eigenvalue weighted by atomic mass is 9.93. The summed E-state index contributed by atoms with van der Waals surface area (Å²) < 4.78 is 6.32. The van der Waals surface area contributed by atoms with Crippen LogP contribution in [0.2, 0.25) is 0 Å².